The van der Waals surface area contributed by atoms with E-state index in [1.165, 1.54) is 0 Å². The Balaban J connectivity index is 1.56. The first kappa shape index (κ1) is 20.2. The van der Waals surface area contributed by atoms with Crippen LogP contribution in [0.25, 0.3) is 11.0 Å². The van der Waals surface area contributed by atoms with Crippen molar-refractivity contribution in [1.82, 2.24) is 9.55 Å². The second-order valence-corrected chi connectivity index (χ2v) is 8.11. The molecule has 0 aliphatic heterocycles. The Hall–Kier alpha value is -3.69. The molecule has 3 nitrogen and oxygen atoms in total. The molecule has 0 amide bonds. The third kappa shape index (κ3) is 4.34. The number of hydrogen-bond donors (Lipinski definition) is 0. The zero-order chi connectivity index (χ0) is 21.8. The minimum Gasteiger partial charge on any atom is -0.319 e. The van der Waals surface area contributed by atoms with E-state index >= 15 is 0 Å². The highest BCUT2D eigenvalue weighted by molar-refractivity contribution is 6.30. The number of hydrogen-bond acceptors (Lipinski definition) is 2. The van der Waals surface area contributed by atoms with Crippen LogP contribution in [0.3, 0.4) is 0 Å². The first-order chi connectivity index (χ1) is 15.8. The molecule has 0 aliphatic carbocycles. The third-order valence-electron chi connectivity index (χ3n) is 5.51. The quantitative estimate of drug-likeness (QED) is 0.265. The standard InChI is InChI=1S/C28H22ClN3/c29-24-17-15-21(16-18-24)20-32-26-14-8-7-13-25(26)31-27(32)19-30-28(22-9-3-1-4-10-22)23-11-5-2-6-12-23/h1-19,28H,20H2. The normalized spacial score (nSPS) is 11.6. The fourth-order valence-electron chi connectivity index (χ4n) is 3.91. The molecule has 0 saturated carbocycles. The summed E-state index contributed by atoms with van der Waals surface area (Å²) in [6, 6.07) is 36.8. The first-order valence-electron chi connectivity index (χ1n) is 10.6. The first-order valence-corrected chi connectivity index (χ1v) is 11.0. The van der Waals surface area contributed by atoms with Crippen molar-refractivity contribution < 1.29 is 0 Å². The van der Waals surface area contributed by atoms with E-state index in [9.17, 15) is 0 Å². The zero-order valence-corrected chi connectivity index (χ0v) is 18.2. The summed E-state index contributed by atoms with van der Waals surface area (Å²) in [5.41, 5.74) is 5.50. The molecule has 0 N–H and O–H groups in total. The highest BCUT2D eigenvalue weighted by atomic mass is 35.5. The summed E-state index contributed by atoms with van der Waals surface area (Å²) >= 11 is 6.08. The number of rotatable bonds is 6. The number of aliphatic imine (C=N–C) groups is 1. The molecule has 32 heavy (non-hydrogen) atoms. The van der Waals surface area contributed by atoms with E-state index in [-0.39, 0.29) is 6.04 Å². The highest BCUT2D eigenvalue weighted by Gasteiger charge is 2.14. The lowest BCUT2D eigenvalue weighted by Gasteiger charge is -2.14. The SMILES string of the molecule is Clc1ccc(Cn2c(C=NC(c3ccccc3)c3ccccc3)nc3ccccc32)cc1. The summed E-state index contributed by atoms with van der Waals surface area (Å²) < 4.78 is 2.20. The lowest BCUT2D eigenvalue weighted by atomic mass is 9.99. The van der Waals surface area contributed by atoms with Crippen molar-refractivity contribution in [1.29, 1.82) is 0 Å². The molecule has 156 valence electrons. The third-order valence-corrected chi connectivity index (χ3v) is 5.76. The average Bonchev–Trinajstić information content (AvgIpc) is 3.19. The molecule has 0 aliphatic rings. The van der Waals surface area contributed by atoms with Crippen LogP contribution in [0, 0.1) is 0 Å². The molecule has 0 atom stereocenters. The van der Waals surface area contributed by atoms with Crippen LogP contribution in [0.5, 0.6) is 0 Å². The van der Waals surface area contributed by atoms with E-state index in [1.807, 2.05) is 48.7 Å². The Morgan fingerprint density at radius 1 is 0.750 bits per heavy atom. The maximum absolute atomic E-state index is 6.08. The van der Waals surface area contributed by atoms with Crippen LogP contribution in [0.4, 0.5) is 0 Å². The van der Waals surface area contributed by atoms with Gasteiger partial charge in [0.2, 0.25) is 0 Å². The summed E-state index contributed by atoms with van der Waals surface area (Å²) in [5.74, 6) is 0.831. The Morgan fingerprint density at radius 2 is 1.34 bits per heavy atom. The van der Waals surface area contributed by atoms with Gasteiger partial charge in [0.25, 0.3) is 0 Å². The minimum atomic E-state index is -0.0961. The van der Waals surface area contributed by atoms with Gasteiger partial charge in [0.05, 0.1) is 17.2 Å². The smallest absolute Gasteiger partial charge is 0.152 e. The van der Waals surface area contributed by atoms with E-state index in [4.69, 9.17) is 21.6 Å². The number of fused-ring (bicyclic) bond motifs is 1. The van der Waals surface area contributed by atoms with Gasteiger partial charge in [-0.05, 0) is 41.0 Å². The molecule has 0 saturated heterocycles. The van der Waals surface area contributed by atoms with Crippen LogP contribution in [-0.4, -0.2) is 15.8 Å². The van der Waals surface area contributed by atoms with Gasteiger partial charge in [0, 0.05) is 11.6 Å². The molecule has 5 aromatic rings. The molecule has 1 aromatic heterocycles. The van der Waals surface area contributed by atoms with E-state index in [2.05, 4.69) is 71.3 Å². The molecule has 0 radical (unpaired) electrons. The molecule has 0 bridgehead atoms. The molecule has 0 fully saturated rings. The van der Waals surface area contributed by atoms with Crippen molar-refractivity contribution >= 4 is 28.8 Å². The second kappa shape index (κ2) is 9.21. The van der Waals surface area contributed by atoms with Gasteiger partial charge in [-0.15, -0.1) is 0 Å². The molecular formula is C28H22ClN3. The molecule has 1 heterocycles. The van der Waals surface area contributed by atoms with E-state index in [1.54, 1.807) is 0 Å². The van der Waals surface area contributed by atoms with Gasteiger partial charge in [-0.25, -0.2) is 4.98 Å². The van der Waals surface area contributed by atoms with Crippen molar-refractivity contribution in [2.24, 2.45) is 4.99 Å². The van der Waals surface area contributed by atoms with Gasteiger partial charge in [-0.2, -0.15) is 0 Å². The summed E-state index contributed by atoms with van der Waals surface area (Å²) in [7, 11) is 0. The molecule has 4 heteroatoms. The van der Waals surface area contributed by atoms with Gasteiger partial charge < -0.3 is 4.57 Å². The van der Waals surface area contributed by atoms with Gasteiger partial charge >= 0.3 is 0 Å². The molecule has 5 rings (SSSR count). The van der Waals surface area contributed by atoms with Crippen molar-refractivity contribution in [3.63, 3.8) is 0 Å². The summed E-state index contributed by atoms with van der Waals surface area (Å²) in [6.07, 6.45) is 1.90. The number of aromatic nitrogens is 2. The van der Waals surface area contributed by atoms with Crippen molar-refractivity contribution in [3.8, 4) is 0 Å². The monoisotopic (exact) mass is 435 g/mol. The minimum absolute atomic E-state index is 0.0961. The number of halogens is 1. The number of nitrogens with zero attached hydrogens (tertiary/aromatic N) is 3. The van der Waals surface area contributed by atoms with Crippen LogP contribution in [0.2, 0.25) is 5.02 Å². The van der Waals surface area contributed by atoms with E-state index < -0.39 is 0 Å². The molecule has 0 spiro atoms. The lowest BCUT2D eigenvalue weighted by molar-refractivity contribution is 0.810. The van der Waals surface area contributed by atoms with Crippen molar-refractivity contribution in [2.75, 3.05) is 0 Å². The van der Waals surface area contributed by atoms with E-state index in [0.29, 0.717) is 6.54 Å². The number of imidazole rings is 1. The van der Waals surface area contributed by atoms with Gasteiger partial charge in [-0.3, -0.25) is 4.99 Å². The van der Waals surface area contributed by atoms with Gasteiger partial charge in [0.15, 0.2) is 5.82 Å². The van der Waals surface area contributed by atoms with E-state index in [0.717, 1.165) is 38.6 Å². The van der Waals surface area contributed by atoms with Crippen molar-refractivity contribution in [3.05, 3.63) is 137 Å². The van der Waals surface area contributed by atoms with Gasteiger partial charge in [-0.1, -0.05) is 96.5 Å². The Morgan fingerprint density at radius 3 is 2.00 bits per heavy atom. The average molecular weight is 436 g/mol. The highest BCUT2D eigenvalue weighted by Crippen LogP contribution is 2.26. The molecule has 0 unspecified atom stereocenters. The maximum Gasteiger partial charge on any atom is 0.152 e. The Labute approximate surface area is 192 Å². The molecule has 4 aromatic carbocycles. The summed E-state index contributed by atoms with van der Waals surface area (Å²) in [5, 5.41) is 0.736. The lowest BCUT2D eigenvalue weighted by Crippen LogP contribution is -2.06. The van der Waals surface area contributed by atoms with Gasteiger partial charge in [0.1, 0.15) is 6.04 Å². The predicted octanol–water partition coefficient (Wildman–Crippen LogP) is 6.95. The maximum atomic E-state index is 6.08. The Kier molecular flexibility index (Phi) is 5.82. The van der Waals surface area contributed by atoms with Crippen LogP contribution in [0.15, 0.2) is 114 Å². The Bertz CT molecular complexity index is 1300. The fraction of sp³-hybridized carbons (Fsp3) is 0.0714. The second-order valence-electron chi connectivity index (χ2n) is 7.67. The summed E-state index contributed by atoms with van der Waals surface area (Å²) in [6.45, 7) is 0.695. The van der Waals surface area contributed by atoms with Crippen LogP contribution in [0.1, 0.15) is 28.6 Å². The predicted molar refractivity (Wildman–Crippen MR) is 133 cm³/mol. The number of benzene rings is 4. The summed E-state index contributed by atoms with van der Waals surface area (Å²) in [4.78, 5) is 9.89. The number of para-hydroxylation sites is 2. The topological polar surface area (TPSA) is 30.2 Å². The fourth-order valence-corrected chi connectivity index (χ4v) is 4.03. The van der Waals surface area contributed by atoms with Crippen molar-refractivity contribution in [2.45, 2.75) is 12.6 Å². The zero-order valence-electron chi connectivity index (χ0n) is 17.5. The van der Waals surface area contributed by atoms with Crippen LogP contribution < -0.4 is 0 Å². The van der Waals surface area contributed by atoms with Crippen LogP contribution >= 0.6 is 11.6 Å². The largest absolute Gasteiger partial charge is 0.319 e. The van der Waals surface area contributed by atoms with Crippen LogP contribution in [-0.2, 0) is 6.54 Å². The molecular weight excluding hydrogens is 414 g/mol.